The Morgan fingerprint density at radius 1 is 1.07 bits per heavy atom. The van der Waals surface area contributed by atoms with Gasteiger partial charge < -0.3 is 19.9 Å². The molecule has 0 bridgehead atoms. The lowest BCUT2D eigenvalue weighted by Gasteiger charge is -2.24. The van der Waals surface area contributed by atoms with Gasteiger partial charge in [-0.25, -0.2) is 4.79 Å². The van der Waals surface area contributed by atoms with Crippen molar-refractivity contribution in [2.24, 2.45) is 0 Å². The number of carbonyl (C=O) groups excluding carboxylic acids is 2. The van der Waals surface area contributed by atoms with E-state index in [2.05, 4.69) is 20.7 Å². The first-order valence-electron chi connectivity index (χ1n) is 9.59. The van der Waals surface area contributed by atoms with E-state index in [1.165, 1.54) is 16.9 Å². The van der Waals surface area contributed by atoms with Gasteiger partial charge in [-0.15, -0.1) is 10.2 Å². The minimum atomic E-state index is -0.682. The van der Waals surface area contributed by atoms with Crippen molar-refractivity contribution in [2.45, 2.75) is 71.8 Å². The molecule has 0 spiro atoms. The van der Waals surface area contributed by atoms with E-state index >= 15 is 0 Å². The number of ether oxygens (including phenoxy) is 2. The SMILES string of the molecule is CC(C)(C)OC(=O)C[C@H](Cn1nnc(-c2ccc(O)cc2)n1)NC(=O)OC(C)(C)C. The number of tetrazole rings is 1. The fourth-order valence-corrected chi connectivity index (χ4v) is 2.46. The molecular weight excluding hydrogens is 390 g/mol. The molecule has 0 saturated carbocycles. The number of aromatic nitrogens is 4. The molecule has 0 unspecified atom stereocenters. The molecule has 0 fully saturated rings. The van der Waals surface area contributed by atoms with Gasteiger partial charge in [0.2, 0.25) is 5.82 Å². The summed E-state index contributed by atoms with van der Waals surface area (Å²) in [6.45, 7) is 10.6. The number of alkyl carbamates (subject to hydrolysis) is 1. The average molecular weight is 419 g/mol. The van der Waals surface area contributed by atoms with Crippen molar-refractivity contribution in [1.82, 2.24) is 25.5 Å². The predicted octanol–water partition coefficient (Wildman–Crippen LogP) is 2.67. The molecule has 164 valence electrons. The number of carbonyl (C=O) groups is 2. The first kappa shape index (κ1) is 23.1. The Kier molecular flexibility index (Phi) is 7.01. The fraction of sp³-hybridized carbons (Fsp3) is 0.550. The van der Waals surface area contributed by atoms with Crippen LogP contribution in [0.25, 0.3) is 11.4 Å². The molecule has 1 aromatic carbocycles. The molecule has 10 heteroatoms. The van der Waals surface area contributed by atoms with Gasteiger partial charge in [0.05, 0.1) is 19.0 Å². The van der Waals surface area contributed by atoms with E-state index in [4.69, 9.17) is 9.47 Å². The molecule has 1 aromatic heterocycles. The van der Waals surface area contributed by atoms with E-state index in [1.807, 2.05) is 0 Å². The average Bonchev–Trinajstić information content (AvgIpc) is 3.00. The Labute approximate surface area is 175 Å². The van der Waals surface area contributed by atoms with Crippen molar-refractivity contribution in [2.75, 3.05) is 0 Å². The van der Waals surface area contributed by atoms with E-state index in [1.54, 1.807) is 53.7 Å². The van der Waals surface area contributed by atoms with Gasteiger partial charge in [-0.05, 0) is 71.0 Å². The van der Waals surface area contributed by atoms with Crippen molar-refractivity contribution in [3.63, 3.8) is 0 Å². The molecule has 1 atom stereocenters. The van der Waals surface area contributed by atoms with Crippen LogP contribution in [0.5, 0.6) is 5.75 Å². The van der Waals surface area contributed by atoms with E-state index in [0.29, 0.717) is 11.4 Å². The molecule has 2 rings (SSSR count). The fourth-order valence-electron chi connectivity index (χ4n) is 2.46. The van der Waals surface area contributed by atoms with Crippen LogP contribution in [0, 0.1) is 0 Å². The van der Waals surface area contributed by atoms with Gasteiger partial charge in [-0.2, -0.15) is 4.80 Å². The summed E-state index contributed by atoms with van der Waals surface area (Å²) in [5.74, 6) is 0.0100. The monoisotopic (exact) mass is 419 g/mol. The second-order valence-electron chi connectivity index (χ2n) is 8.85. The van der Waals surface area contributed by atoms with Crippen molar-refractivity contribution < 1.29 is 24.2 Å². The second kappa shape index (κ2) is 9.10. The van der Waals surface area contributed by atoms with Crippen molar-refractivity contribution in [3.05, 3.63) is 24.3 Å². The third-order valence-corrected chi connectivity index (χ3v) is 3.52. The summed E-state index contributed by atoms with van der Waals surface area (Å²) in [4.78, 5) is 25.8. The van der Waals surface area contributed by atoms with Crippen LogP contribution < -0.4 is 5.32 Å². The molecule has 2 N–H and O–H groups in total. The molecule has 1 heterocycles. The Morgan fingerprint density at radius 3 is 2.23 bits per heavy atom. The summed E-state index contributed by atoms with van der Waals surface area (Å²) in [6, 6.07) is 5.69. The van der Waals surface area contributed by atoms with Crippen LogP contribution in [-0.4, -0.2) is 54.6 Å². The van der Waals surface area contributed by atoms with E-state index in [9.17, 15) is 14.7 Å². The number of aromatic hydroxyl groups is 1. The van der Waals surface area contributed by atoms with E-state index in [0.717, 1.165) is 0 Å². The Balaban J connectivity index is 2.12. The summed E-state index contributed by atoms with van der Waals surface area (Å²) in [6.07, 6.45) is -0.748. The van der Waals surface area contributed by atoms with E-state index in [-0.39, 0.29) is 18.7 Å². The number of phenols is 1. The quantitative estimate of drug-likeness (QED) is 0.684. The summed E-state index contributed by atoms with van der Waals surface area (Å²) in [5, 5.41) is 24.3. The molecule has 1 amide bonds. The number of benzene rings is 1. The number of nitrogens with one attached hydrogen (secondary N) is 1. The number of nitrogens with zero attached hydrogens (tertiary/aromatic N) is 4. The zero-order valence-corrected chi connectivity index (χ0v) is 18.2. The van der Waals surface area contributed by atoms with Gasteiger partial charge in [-0.1, -0.05) is 0 Å². The van der Waals surface area contributed by atoms with Crippen LogP contribution in [0.1, 0.15) is 48.0 Å². The first-order valence-corrected chi connectivity index (χ1v) is 9.59. The van der Waals surface area contributed by atoms with Crippen LogP contribution in [0.3, 0.4) is 0 Å². The number of rotatable bonds is 6. The highest BCUT2D eigenvalue weighted by Gasteiger charge is 2.25. The summed E-state index contributed by atoms with van der Waals surface area (Å²) >= 11 is 0. The van der Waals surface area contributed by atoms with Crippen LogP contribution >= 0.6 is 0 Å². The third-order valence-electron chi connectivity index (χ3n) is 3.52. The number of esters is 1. The maximum absolute atomic E-state index is 12.3. The lowest BCUT2D eigenvalue weighted by atomic mass is 10.1. The minimum absolute atomic E-state index is 0.0869. The van der Waals surface area contributed by atoms with Crippen LogP contribution in [0.2, 0.25) is 0 Å². The summed E-state index contributed by atoms with van der Waals surface area (Å²) in [7, 11) is 0. The van der Waals surface area contributed by atoms with Crippen molar-refractivity contribution >= 4 is 12.1 Å². The normalized spacial score (nSPS) is 12.9. The number of amides is 1. The summed E-state index contributed by atoms with van der Waals surface area (Å²) < 4.78 is 10.6. The van der Waals surface area contributed by atoms with Crippen LogP contribution in [0.4, 0.5) is 4.79 Å². The zero-order valence-electron chi connectivity index (χ0n) is 18.2. The Morgan fingerprint density at radius 2 is 1.67 bits per heavy atom. The number of hydrogen-bond donors (Lipinski definition) is 2. The number of hydrogen-bond acceptors (Lipinski definition) is 8. The topological polar surface area (TPSA) is 128 Å². The predicted molar refractivity (Wildman–Crippen MR) is 109 cm³/mol. The number of phenolic OH excluding ortho intramolecular Hbond substituents is 1. The first-order chi connectivity index (χ1) is 13.8. The van der Waals surface area contributed by atoms with Gasteiger partial charge >= 0.3 is 12.1 Å². The molecule has 0 aliphatic carbocycles. The minimum Gasteiger partial charge on any atom is -0.508 e. The van der Waals surface area contributed by atoms with Crippen molar-refractivity contribution in [3.8, 4) is 17.1 Å². The van der Waals surface area contributed by atoms with Crippen LogP contribution in [0.15, 0.2) is 24.3 Å². The molecule has 0 aliphatic rings. The molecule has 30 heavy (non-hydrogen) atoms. The third kappa shape index (κ3) is 8.06. The van der Waals surface area contributed by atoms with Gasteiger partial charge in [-0.3, -0.25) is 4.79 Å². The maximum atomic E-state index is 12.3. The van der Waals surface area contributed by atoms with Crippen molar-refractivity contribution in [1.29, 1.82) is 0 Å². The van der Waals surface area contributed by atoms with E-state index < -0.39 is 29.3 Å². The molecule has 0 saturated heterocycles. The maximum Gasteiger partial charge on any atom is 0.407 e. The lowest BCUT2D eigenvalue weighted by Crippen LogP contribution is -2.43. The second-order valence-corrected chi connectivity index (χ2v) is 8.85. The van der Waals surface area contributed by atoms with Gasteiger partial charge in [0.25, 0.3) is 0 Å². The molecule has 0 radical (unpaired) electrons. The summed E-state index contributed by atoms with van der Waals surface area (Å²) in [5.41, 5.74) is -0.661. The van der Waals surface area contributed by atoms with Crippen LogP contribution in [-0.2, 0) is 20.8 Å². The highest BCUT2D eigenvalue weighted by molar-refractivity contribution is 5.73. The Hall–Kier alpha value is -3.17. The van der Waals surface area contributed by atoms with Gasteiger partial charge in [0.1, 0.15) is 17.0 Å². The lowest BCUT2D eigenvalue weighted by molar-refractivity contribution is -0.155. The highest BCUT2D eigenvalue weighted by atomic mass is 16.6. The molecule has 2 aromatic rings. The van der Waals surface area contributed by atoms with Gasteiger partial charge in [0, 0.05) is 5.56 Å². The standard InChI is InChI=1S/C20H29N5O5/c1-19(2,3)29-16(27)11-14(21-18(28)30-20(4,5)6)12-25-23-17(22-24-25)13-7-9-15(26)10-8-13/h7-10,14,26H,11-12H2,1-6H3,(H,21,28)/t14-/m1/s1. The highest BCUT2D eigenvalue weighted by Crippen LogP contribution is 2.17. The Bertz CT molecular complexity index is 835. The molecular formula is C20H29N5O5. The zero-order chi connectivity index (χ0) is 22.5. The molecule has 0 aliphatic heterocycles. The smallest absolute Gasteiger partial charge is 0.407 e. The largest absolute Gasteiger partial charge is 0.508 e. The van der Waals surface area contributed by atoms with Gasteiger partial charge in [0.15, 0.2) is 0 Å². The molecule has 10 nitrogen and oxygen atoms in total.